The Hall–Kier alpha value is -1.75. The molecular weight excluding hydrogens is 237 g/mol. The molecule has 1 aromatic rings. The van der Waals surface area contributed by atoms with Gasteiger partial charge in [-0.1, -0.05) is 12.1 Å². The number of carbonyl (C=O) groups excluding carboxylic acids is 1. The third-order valence-electron chi connectivity index (χ3n) is 3.10. The Balaban J connectivity index is 2.14. The number of likely N-dealkylation sites (tertiary alicyclic amines) is 1. The van der Waals surface area contributed by atoms with Crippen LogP contribution >= 0.6 is 0 Å². The first-order chi connectivity index (χ1) is 8.58. The van der Waals surface area contributed by atoms with Crippen molar-refractivity contribution in [3.63, 3.8) is 0 Å². The van der Waals surface area contributed by atoms with Gasteiger partial charge < -0.3 is 5.11 Å². The highest BCUT2D eigenvalue weighted by atomic mass is 19.1. The fourth-order valence-corrected chi connectivity index (χ4v) is 2.12. The standard InChI is InChI=1S/C13H14FNO3/c14-11-7-9(12(16)13(17)18)3-4-10(11)8-15-5-1-2-6-15/h3-4,7H,1-2,5-6,8H2,(H,17,18). The molecule has 0 aromatic heterocycles. The summed E-state index contributed by atoms with van der Waals surface area (Å²) < 4.78 is 13.8. The van der Waals surface area contributed by atoms with Gasteiger partial charge >= 0.3 is 5.97 Å². The van der Waals surface area contributed by atoms with Crippen molar-refractivity contribution in [1.82, 2.24) is 4.90 Å². The fraction of sp³-hybridized carbons (Fsp3) is 0.385. The lowest BCUT2D eigenvalue weighted by atomic mass is 10.1. The topological polar surface area (TPSA) is 57.6 Å². The number of ketones is 1. The minimum Gasteiger partial charge on any atom is -0.475 e. The molecule has 1 aromatic carbocycles. The molecule has 0 spiro atoms. The van der Waals surface area contributed by atoms with Crippen LogP contribution in [0.2, 0.25) is 0 Å². The molecule has 5 heteroatoms. The Bertz CT molecular complexity index is 481. The molecular formula is C13H14FNO3. The number of carboxylic acid groups (broad SMARTS) is 1. The Morgan fingerprint density at radius 2 is 1.94 bits per heavy atom. The maximum Gasteiger partial charge on any atom is 0.377 e. The zero-order chi connectivity index (χ0) is 13.1. The van der Waals surface area contributed by atoms with Crippen molar-refractivity contribution in [2.24, 2.45) is 0 Å². The van der Waals surface area contributed by atoms with E-state index in [1.807, 2.05) is 0 Å². The van der Waals surface area contributed by atoms with Gasteiger partial charge in [0.15, 0.2) is 0 Å². The molecule has 18 heavy (non-hydrogen) atoms. The highest BCUT2D eigenvalue weighted by Crippen LogP contribution is 2.16. The largest absolute Gasteiger partial charge is 0.475 e. The van der Waals surface area contributed by atoms with Gasteiger partial charge in [-0.05, 0) is 32.0 Å². The predicted molar refractivity (Wildman–Crippen MR) is 62.9 cm³/mol. The van der Waals surface area contributed by atoms with Crippen molar-refractivity contribution in [1.29, 1.82) is 0 Å². The molecule has 1 heterocycles. The van der Waals surface area contributed by atoms with Crippen LogP contribution in [0.1, 0.15) is 28.8 Å². The van der Waals surface area contributed by atoms with Crippen molar-refractivity contribution in [2.45, 2.75) is 19.4 Å². The zero-order valence-corrected chi connectivity index (χ0v) is 9.86. The summed E-state index contributed by atoms with van der Waals surface area (Å²) in [5, 5.41) is 8.55. The fourth-order valence-electron chi connectivity index (χ4n) is 2.12. The van der Waals surface area contributed by atoms with Gasteiger partial charge in [-0.2, -0.15) is 0 Å². The van der Waals surface area contributed by atoms with Crippen molar-refractivity contribution >= 4 is 11.8 Å². The normalized spacial score (nSPS) is 15.8. The van der Waals surface area contributed by atoms with Gasteiger partial charge in [0.1, 0.15) is 5.82 Å². The molecule has 0 radical (unpaired) electrons. The van der Waals surface area contributed by atoms with Crippen LogP contribution in [0.4, 0.5) is 4.39 Å². The summed E-state index contributed by atoms with van der Waals surface area (Å²) in [7, 11) is 0. The van der Waals surface area contributed by atoms with E-state index in [1.165, 1.54) is 12.1 Å². The summed E-state index contributed by atoms with van der Waals surface area (Å²) in [5.41, 5.74) is 0.379. The molecule has 0 saturated carbocycles. The number of Topliss-reactive ketones (excluding diaryl/α,β-unsaturated/α-hetero) is 1. The first-order valence-corrected chi connectivity index (χ1v) is 5.86. The zero-order valence-electron chi connectivity index (χ0n) is 9.86. The maximum absolute atomic E-state index is 13.8. The number of benzene rings is 1. The molecule has 1 N–H and O–H groups in total. The van der Waals surface area contributed by atoms with E-state index in [-0.39, 0.29) is 5.56 Å². The second-order valence-corrected chi connectivity index (χ2v) is 4.42. The lowest BCUT2D eigenvalue weighted by Crippen LogP contribution is -2.19. The van der Waals surface area contributed by atoms with Crippen molar-refractivity contribution < 1.29 is 19.1 Å². The second-order valence-electron chi connectivity index (χ2n) is 4.42. The number of rotatable bonds is 4. The smallest absolute Gasteiger partial charge is 0.377 e. The number of aliphatic carboxylic acids is 1. The van der Waals surface area contributed by atoms with Crippen LogP contribution in [0.3, 0.4) is 0 Å². The lowest BCUT2D eigenvalue weighted by Gasteiger charge is -2.15. The molecule has 0 bridgehead atoms. The SMILES string of the molecule is O=C(O)C(=O)c1ccc(CN2CCCC2)c(F)c1. The van der Waals surface area contributed by atoms with Gasteiger partial charge in [0.25, 0.3) is 5.78 Å². The minimum absolute atomic E-state index is 0.120. The monoisotopic (exact) mass is 251 g/mol. The van der Waals surface area contributed by atoms with E-state index in [0.29, 0.717) is 12.1 Å². The number of nitrogens with zero attached hydrogens (tertiary/aromatic N) is 1. The average Bonchev–Trinajstić information content (AvgIpc) is 2.83. The van der Waals surface area contributed by atoms with E-state index >= 15 is 0 Å². The van der Waals surface area contributed by atoms with Crippen LogP contribution in [0.5, 0.6) is 0 Å². The minimum atomic E-state index is -1.57. The summed E-state index contributed by atoms with van der Waals surface area (Å²) >= 11 is 0. The van der Waals surface area contributed by atoms with Crippen LogP contribution in [0.25, 0.3) is 0 Å². The van der Waals surface area contributed by atoms with Crippen molar-refractivity contribution in [3.8, 4) is 0 Å². The summed E-state index contributed by atoms with van der Waals surface area (Å²) in [6, 6.07) is 3.86. The molecule has 2 rings (SSSR count). The number of hydrogen-bond acceptors (Lipinski definition) is 3. The lowest BCUT2D eigenvalue weighted by molar-refractivity contribution is -0.131. The highest BCUT2D eigenvalue weighted by Gasteiger charge is 2.18. The Labute approximate surface area is 104 Å². The number of halogens is 1. The van der Waals surface area contributed by atoms with Gasteiger partial charge in [0.2, 0.25) is 0 Å². The number of hydrogen-bond donors (Lipinski definition) is 1. The third kappa shape index (κ3) is 2.73. The summed E-state index contributed by atoms with van der Waals surface area (Å²) in [6.45, 7) is 2.41. The van der Waals surface area contributed by atoms with Crippen LogP contribution in [0.15, 0.2) is 18.2 Å². The molecule has 0 atom stereocenters. The molecule has 4 nitrogen and oxygen atoms in total. The van der Waals surface area contributed by atoms with Gasteiger partial charge in [-0.3, -0.25) is 9.69 Å². The number of carboxylic acids is 1. The van der Waals surface area contributed by atoms with Crippen molar-refractivity contribution in [3.05, 3.63) is 35.1 Å². The van der Waals surface area contributed by atoms with Crippen LogP contribution in [-0.4, -0.2) is 34.8 Å². The third-order valence-corrected chi connectivity index (χ3v) is 3.10. The second kappa shape index (κ2) is 5.27. The van der Waals surface area contributed by atoms with Crippen molar-refractivity contribution in [2.75, 3.05) is 13.1 Å². The first-order valence-electron chi connectivity index (χ1n) is 5.86. The summed E-state index contributed by atoms with van der Waals surface area (Å²) in [5.74, 6) is -3.17. The molecule has 0 aliphatic carbocycles. The quantitative estimate of drug-likeness (QED) is 0.653. The molecule has 1 aliphatic heterocycles. The van der Waals surface area contributed by atoms with E-state index in [4.69, 9.17) is 5.11 Å². The number of carbonyl (C=O) groups is 2. The van der Waals surface area contributed by atoms with E-state index in [1.54, 1.807) is 0 Å². The van der Waals surface area contributed by atoms with E-state index in [9.17, 15) is 14.0 Å². The van der Waals surface area contributed by atoms with Crippen LogP contribution < -0.4 is 0 Å². The van der Waals surface area contributed by atoms with Gasteiger partial charge in [0, 0.05) is 17.7 Å². The Morgan fingerprint density at radius 3 is 2.50 bits per heavy atom. The highest BCUT2D eigenvalue weighted by molar-refractivity contribution is 6.39. The molecule has 1 aliphatic rings. The Morgan fingerprint density at radius 1 is 1.28 bits per heavy atom. The van der Waals surface area contributed by atoms with E-state index in [2.05, 4.69) is 4.90 Å². The van der Waals surface area contributed by atoms with E-state index in [0.717, 1.165) is 32.0 Å². The molecule has 0 unspecified atom stereocenters. The molecule has 0 amide bonds. The predicted octanol–water partition coefficient (Wildman–Crippen LogP) is 1.69. The van der Waals surface area contributed by atoms with Crippen LogP contribution in [-0.2, 0) is 11.3 Å². The van der Waals surface area contributed by atoms with Crippen LogP contribution in [0, 0.1) is 5.82 Å². The van der Waals surface area contributed by atoms with Gasteiger partial charge in [0.05, 0.1) is 0 Å². The maximum atomic E-state index is 13.8. The molecule has 96 valence electrons. The van der Waals surface area contributed by atoms with Gasteiger partial charge in [-0.15, -0.1) is 0 Å². The van der Waals surface area contributed by atoms with E-state index < -0.39 is 17.6 Å². The first kappa shape index (κ1) is 12.7. The molecule has 1 saturated heterocycles. The summed E-state index contributed by atoms with van der Waals surface area (Å²) in [4.78, 5) is 23.8. The summed E-state index contributed by atoms with van der Waals surface area (Å²) in [6.07, 6.45) is 2.24. The van der Waals surface area contributed by atoms with Gasteiger partial charge in [-0.25, -0.2) is 9.18 Å². The Kier molecular flexibility index (Phi) is 3.72. The average molecular weight is 251 g/mol. The molecule has 1 fully saturated rings.